The lowest BCUT2D eigenvalue weighted by Crippen LogP contribution is -2.26. The lowest BCUT2D eigenvalue weighted by molar-refractivity contribution is 0.227. The van der Waals surface area contributed by atoms with Gasteiger partial charge in [0.1, 0.15) is 0 Å². The quantitative estimate of drug-likeness (QED) is 0.146. The Labute approximate surface area is 214 Å². The molecule has 5 nitrogen and oxygen atoms in total. The van der Waals surface area contributed by atoms with Crippen LogP contribution in [0.25, 0.3) is 28.2 Å². The Bertz CT molecular complexity index is 1300. The maximum atomic E-state index is 14.1. The second-order valence-electron chi connectivity index (χ2n) is 9.23. The number of unbranched alkanes of at least 4 members (excludes halogenated alkanes) is 2. The number of hydrogen-bond acceptors (Lipinski definition) is 3. The second kappa shape index (κ2) is 12.6. The standard InChI is InChI=1S/C30H33N2O3P/c1-23(15-7-3-8-16-24(2)35-36-34)31-28(25-17-9-4-10-18-25)29(26-19-11-5-12-20-26)32(30(31)33)27-21-13-6-14-22-27/h4-6,9-14,17-24H,3,7-8,15-16H2,1-2H3. The van der Waals surface area contributed by atoms with Crippen LogP contribution in [0.1, 0.15) is 52.0 Å². The number of para-hydroxylation sites is 1. The van der Waals surface area contributed by atoms with Crippen LogP contribution in [0, 0.1) is 0 Å². The van der Waals surface area contributed by atoms with E-state index < -0.39 is 0 Å². The maximum Gasteiger partial charge on any atom is 0.334 e. The molecule has 2 atom stereocenters. The van der Waals surface area contributed by atoms with E-state index in [0.29, 0.717) is 0 Å². The molecule has 0 radical (unpaired) electrons. The Morgan fingerprint density at radius 2 is 1.25 bits per heavy atom. The Morgan fingerprint density at radius 3 is 1.83 bits per heavy atom. The SMILES string of the molecule is CC(CCCCCC(C)n1c(-c2ccccc2)c(-c2ccccc2)n(-c2ccccc2)c1=O)OP=O. The van der Waals surface area contributed by atoms with Gasteiger partial charge in [0.05, 0.1) is 23.2 Å². The molecule has 36 heavy (non-hydrogen) atoms. The molecule has 0 aliphatic heterocycles. The average Bonchev–Trinajstić information content (AvgIpc) is 3.23. The van der Waals surface area contributed by atoms with Gasteiger partial charge >= 0.3 is 14.4 Å². The fraction of sp³-hybridized carbons (Fsp3) is 0.300. The van der Waals surface area contributed by atoms with Crippen molar-refractivity contribution in [2.24, 2.45) is 0 Å². The number of imidazole rings is 1. The van der Waals surface area contributed by atoms with Gasteiger partial charge in [-0.2, -0.15) is 0 Å². The fourth-order valence-electron chi connectivity index (χ4n) is 4.78. The highest BCUT2D eigenvalue weighted by molar-refractivity contribution is 7.17. The third kappa shape index (κ3) is 5.92. The Kier molecular flexibility index (Phi) is 9.05. The molecule has 4 rings (SSSR count). The van der Waals surface area contributed by atoms with E-state index in [1.165, 1.54) is 0 Å². The summed E-state index contributed by atoms with van der Waals surface area (Å²) in [6.07, 6.45) is 4.80. The van der Waals surface area contributed by atoms with Gasteiger partial charge in [0.2, 0.25) is 0 Å². The van der Waals surface area contributed by atoms with Crippen molar-refractivity contribution in [3.63, 3.8) is 0 Å². The average molecular weight is 501 g/mol. The first kappa shape index (κ1) is 25.8. The van der Waals surface area contributed by atoms with Crippen molar-refractivity contribution in [1.29, 1.82) is 0 Å². The van der Waals surface area contributed by atoms with E-state index in [2.05, 4.69) is 31.2 Å². The van der Waals surface area contributed by atoms with Crippen LogP contribution in [0.5, 0.6) is 0 Å². The van der Waals surface area contributed by atoms with Gasteiger partial charge in [-0.3, -0.25) is 13.7 Å². The van der Waals surface area contributed by atoms with Crippen molar-refractivity contribution in [2.45, 2.75) is 58.1 Å². The van der Waals surface area contributed by atoms with Crippen molar-refractivity contribution in [3.8, 4) is 28.2 Å². The number of nitrogens with zero attached hydrogens (tertiary/aromatic N) is 2. The van der Waals surface area contributed by atoms with E-state index in [1.807, 2.05) is 82.8 Å². The van der Waals surface area contributed by atoms with Gasteiger partial charge in [-0.25, -0.2) is 9.36 Å². The fourth-order valence-corrected chi connectivity index (χ4v) is 5.03. The Hall–Kier alpha value is -3.27. The highest BCUT2D eigenvalue weighted by Gasteiger charge is 2.26. The second-order valence-corrected chi connectivity index (χ2v) is 9.59. The van der Waals surface area contributed by atoms with Crippen molar-refractivity contribution in [3.05, 3.63) is 101 Å². The minimum atomic E-state index is -0.258. The third-order valence-corrected chi connectivity index (χ3v) is 7.04. The maximum absolute atomic E-state index is 14.1. The molecule has 0 saturated heterocycles. The lowest BCUT2D eigenvalue weighted by atomic mass is 10.0. The molecular weight excluding hydrogens is 467 g/mol. The van der Waals surface area contributed by atoms with Gasteiger partial charge in [0.25, 0.3) is 0 Å². The summed E-state index contributed by atoms with van der Waals surface area (Å²) in [6, 6.07) is 30.3. The van der Waals surface area contributed by atoms with Crippen LogP contribution in [0.3, 0.4) is 0 Å². The van der Waals surface area contributed by atoms with E-state index in [1.54, 1.807) is 0 Å². The van der Waals surface area contributed by atoms with E-state index in [-0.39, 0.29) is 26.5 Å². The lowest BCUT2D eigenvalue weighted by Gasteiger charge is -2.17. The summed E-state index contributed by atoms with van der Waals surface area (Å²) in [7, 11) is -0.258. The van der Waals surface area contributed by atoms with Crippen LogP contribution in [-0.2, 0) is 9.09 Å². The molecule has 186 valence electrons. The predicted octanol–water partition coefficient (Wildman–Crippen LogP) is 8.10. The predicted molar refractivity (Wildman–Crippen MR) is 147 cm³/mol. The molecule has 0 N–H and O–H groups in total. The summed E-state index contributed by atoms with van der Waals surface area (Å²) in [5, 5.41) is 0. The molecule has 0 spiro atoms. The topological polar surface area (TPSA) is 53.2 Å². The summed E-state index contributed by atoms with van der Waals surface area (Å²) >= 11 is 0. The summed E-state index contributed by atoms with van der Waals surface area (Å²) in [6.45, 7) is 4.08. The summed E-state index contributed by atoms with van der Waals surface area (Å²) < 4.78 is 19.5. The Morgan fingerprint density at radius 1 is 0.722 bits per heavy atom. The minimum absolute atomic E-state index is 0.0118. The summed E-state index contributed by atoms with van der Waals surface area (Å²) in [4.78, 5) is 14.1. The molecule has 0 aliphatic carbocycles. The molecular formula is C30H33N2O3P. The molecule has 0 amide bonds. The highest BCUT2D eigenvalue weighted by Crippen LogP contribution is 2.36. The van der Waals surface area contributed by atoms with E-state index in [4.69, 9.17) is 4.52 Å². The monoisotopic (exact) mass is 500 g/mol. The highest BCUT2D eigenvalue weighted by atomic mass is 31.1. The molecule has 0 saturated carbocycles. The first-order chi connectivity index (χ1) is 17.6. The van der Waals surface area contributed by atoms with Crippen molar-refractivity contribution in [2.75, 3.05) is 0 Å². The van der Waals surface area contributed by atoms with Gasteiger partial charge in [0.15, 0.2) is 0 Å². The van der Waals surface area contributed by atoms with E-state index >= 15 is 0 Å². The number of benzene rings is 3. The van der Waals surface area contributed by atoms with Crippen molar-refractivity contribution >= 4 is 8.69 Å². The van der Waals surface area contributed by atoms with Gasteiger partial charge in [0, 0.05) is 17.2 Å². The van der Waals surface area contributed by atoms with Crippen LogP contribution >= 0.6 is 8.69 Å². The van der Waals surface area contributed by atoms with Crippen molar-refractivity contribution < 1.29 is 9.09 Å². The summed E-state index contributed by atoms with van der Waals surface area (Å²) in [5.41, 5.74) is 4.72. The molecule has 1 heterocycles. The largest absolute Gasteiger partial charge is 0.334 e. The van der Waals surface area contributed by atoms with Crippen LogP contribution in [0.4, 0.5) is 0 Å². The van der Waals surface area contributed by atoms with Crippen molar-refractivity contribution in [1.82, 2.24) is 9.13 Å². The number of hydrogen-bond donors (Lipinski definition) is 0. The van der Waals surface area contributed by atoms with Gasteiger partial charge in [-0.1, -0.05) is 98.1 Å². The van der Waals surface area contributed by atoms with E-state index in [9.17, 15) is 9.36 Å². The first-order valence-corrected chi connectivity index (χ1v) is 13.4. The first-order valence-electron chi connectivity index (χ1n) is 12.6. The molecule has 2 unspecified atom stereocenters. The van der Waals surface area contributed by atoms with E-state index in [0.717, 1.165) is 60.3 Å². The third-order valence-electron chi connectivity index (χ3n) is 6.59. The van der Waals surface area contributed by atoms with Crippen LogP contribution < -0.4 is 5.69 Å². The molecule has 6 heteroatoms. The molecule has 0 aliphatic rings. The normalized spacial score (nSPS) is 13.1. The molecule has 3 aromatic carbocycles. The summed E-state index contributed by atoms with van der Waals surface area (Å²) in [5.74, 6) is 0. The zero-order valence-electron chi connectivity index (χ0n) is 20.9. The van der Waals surface area contributed by atoms with Gasteiger partial charge < -0.3 is 0 Å². The molecule has 1 aromatic heterocycles. The minimum Gasteiger partial charge on any atom is -0.291 e. The molecule has 4 aromatic rings. The van der Waals surface area contributed by atoms with Crippen LogP contribution in [0.2, 0.25) is 0 Å². The smallest absolute Gasteiger partial charge is 0.291 e. The molecule has 0 fully saturated rings. The number of aromatic nitrogens is 2. The van der Waals surface area contributed by atoms with Crippen LogP contribution in [0.15, 0.2) is 95.8 Å². The van der Waals surface area contributed by atoms with Gasteiger partial charge in [-0.15, -0.1) is 0 Å². The zero-order chi connectivity index (χ0) is 25.3. The Balaban J connectivity index is 1.75. The molecule has 0 bridgehead atoms. The van der Waals surface area contributed by atoms with Gasteiger partial charge in [-0.05, 0) is 38.8 Å². The van der Waals surface area contributed by atoms with Crippen LogP contribution in [-0.4, -0.2) is 15.2 Å². The number of rotatable bonds is 12. The zero-order valence-corrected chi connectivity index (χ0v) is 21.8.